The molecule has 1 atom stereocenters. The average Bonchev–Trinajstić information content (AvgIpc) is 1.78. The number of hydrogen-bond acceptors (Lipinski definition) is 1. The third-order valence-electron chi connectivity index (χ3n) is 1.87. The van der Waals surface area contributed by atoms with Gasteiger partial charge in [0.25, 0.3) is 0 Å². The topological polar surface area (TPSA) is 57.5 Å². The standard InChI is InChI=1S/C9H21O3P/c1-8(7-9(2,3)4)5-6-13(10,11)12/h8H,5-7H2,1-4H3,(H2,10,11,12). The van der Waals surface area contributed by atoms with Crippen molar-refractivity contribution in [2.24, 2.45) is 11.3 Å². The lowest BCUT2D eigenvalue weighted by Gasteiger charge is -2.23. The minimum Gasteiger partial charge on any atom is -0.324 e. The van der Waals surface area contributed by atoms with Crippen molar-refractivity contribution in [1.29, 1.82) is 0 Å². The molecule has 80 valence electrons. The Labute approximate surface area is 80.7 Å². The van der Waals surface area contributed by atoms with E-state index in [9.17, 15) is 4.57 Å². The molecule has 0 saturated carbocycles. The van der Waals surface area contributed by atoms with Crippen molar-refractivity contribution < 1.29 is 14.4 Å². The molecule has 4 heteroatoms. The third kappa shape index (κ3) is 10.1. The minimum absolute atomic E-state index is 0.0181. The van der Waals surface area contributed by atoms with Crippen LogP contribution in [-0.4, -0.2) is 15.9 Å². The molecule has 0 aromatic heterocycles. The van der Waals surface area contributed by atoms with E-state index in [1.54, 1.807) is 0 Å². The van der Waals surface area contributed by atoms with Crippen molar-refractivity contribution in [2.75, 3.05) is 6.16 Å². The summed E-state index contributed by atoms with van der Waals surface area (Å²) in [7, 11) is -3.79. The molecule has 3 nitrogen and oxygen atoms in total. The van der Waals surface area contributed by atoms with Gasteiger partial charge in [0.05, 0.1) is 6.16 Å². The Hall–Kier alpha value is 0.150. The monoisotopic (exact) mass is 208 g/mol. The summed E-state index contributed by atoms with van der Waals surface area (Å²) in [5, 5.41) is 0. The first-order valence-electron chi connectivity index (χ1n) is 4.65. The quantitative estimate of drug-likeness (QED) is 0.698. The van der Waals surface area contributed by atoms with E-state index in [4.69, 9.17) is 9.79 Å². The van der Waals surface area contributed by atoms with Crippen LogP contribution in [0.3, 0.4) is 0 Å². The Balaban J connectivity index is 3.77. The van der Waals surface area contributed by atoms with Gasteiger partial charge in [-0.3, -0.25) is 4.57 Å². The SMILES string of the molecule is CC(CCP(=O)(O)O)CC(C)(C)C. The second kappa shape index (κ2) is 4.59. The molecule has 0 amide bonds. The number of hydrogen-bond donors (Lipinski definition) is 2. The zero-order valence-electron chi connectivity index (χ0n) is 8.95. The van der Waals surface area contributed by atoms with Crippen LogP contribution in [0.4, 0.5) is 0 Å². The first-order valence-corrected chi connectivity index (χ1v) is 6.44. The molecule has 0 aliphatic heterocycles. The maximum absolute atomic E-state index is 10.6. The predicted molar refractivity (Wildman–Crippen MR) is 54.8 cm³/mol. The molecule has 0 rings (SSSR count). The average molecular weight is 208 g/mol. The molecule has 0 aliphatic rings. The smallest absolute Gasteiger partial charge is 0.324 e. The van der Waals surface area contributed by atoms with Gasteiger partial charge < -0.3 is 9.79 Å². The molecule has 0 radical (unpaired) electrons. The van der Waals surface area contributed by atoms with E-state index in [1.807, 2.05) is 6.92 Å². The van der Waals surface area contributed by atoms with E-state index in [1.165, 1.54) is 0 Å². The van der Waals surface area contributed by atoms with E-state index in [0.29, 0.717) is 12.3 Å². The summed E-state index contributed by atoms with van der Waals surface area (Å²) in [6.45, 7) is 8.46. The molecule has 0 aromatic rings. The predicted octanol–water partition coefficient (Wildman–Crippen LogP) is 2.63. The highest BCUT2D eigenvalue weighted by molar-refractivity contribution is 7.51. The van der Waals surface area contributed by atoms with Crippen LogP contribution < -0.4 is 0 Å². The van der Waals surface area contributed by atoms with Crippen molar-refractivity contribution in [3.63, 3.8) is 0 Å². The van der Waals surface area contributed by atoms with Gasteiger partial charge in [-0.25, -0.2) is 0 Å². The summed E-state index contributed by atoms with van der Waals surface area (Å²) < 4.78 is 10.6. The van der Waals surface area contributed by atoms with Gasteiger partial charge in [-0.1, -0.05) is 27.7 Å². The highest BCUT2D eigenvalue weighted by Crippen LogP contribution is 2.37. The largest absolute Gasteiger partial charge is 0.325 e. The van der Waals surface area contributed by atoms with E-state index >= 15 is 0 Å². The Morgan fingerprint density at radius 1 is 1.31 bits per heavy atom. The van der Waals surface area contributed by atoms with E-state index in [0.717, 1.165) is 6.42 Å². The fraction of sp³-hybridized carbons (Fsp3) is 1.00. The highest BCUT2D eigenvalue weighted by atomic mass is 31.2. The van der Waals surface area contributed by atoms with Gasteiger partial charge in [0.2, 0.25) is 0 Å². The fourth-order valence-electron chi connectivity index (χ4n) is 1.54. The molecule has 1 unspecified atom stereocenters. The van der Waals surface area contributed by atoms with E-state index < -0.39 is 7.60 Å². The lowest BCUT2D eigenvalue weighted by Crippen LogP contribution is -2.12. The van der Waals surface area contributed by atoms with E-state index in [-0.39, 0.29) is 11.6 Å². The van der Waals surface area contributed by atoms with Crippen LogP contribution in [0.2, 0.25) is 0 Å². The number of rotatable bonds is 4. The van der Waals surface area contributed by atoms with Crippen molar-refractivity contribution in [3.8, 4) is 0 Å². The summed E-state index contributed by atoms with van der Waals surface area (Å²) >= 11 is 0. The molecule has 13 heavy (non-hydrogen) atoms. The van der Waals surface area contributed by atoms with Crippen LogP contribution in [0.5, 0.6) is 0 Å². The molecule has 0 spiro atoms. The zero-order chi connectivity index (χ0) is 10.7. The zero-order valence-corrected chi connectivity index (χ0v) is 9.84. The summed E-state index contributed by atoms with van der Waals surface area (Å²) in [5.74, 6) is 0.382. The van der Waals surface area contributed by atoms with Crippen molar-refractivity contribution in [3.05, 3.63) is 0 Å². The summed E-state index contributed by atoms with van der Waals surface area (Å²) in [5.41, 5.74) is 0.244. The van der Waals surface area contributed by atoms with Crippen molar-refractivity contribution in [1.82, 2.24) is 0 Å². The Kier molecular flexibility index (Phi) is 4.64. The molecule has 0 saturated heterocycles. The lowest BCUT2D eigenvalue weighted by molar-refractivity contribution is 0.296. The highest BCUT2D eigenvalue weighted by Gasteiger charge is 2.19. The molecule has 0 heterocycles. The van der Waals surface area contributed by atoms with Gasteiger partial charge in [-0.05, 0) is 24.2 Å². The fourth-order valence-corrected chi connectivity index (χ4v) is 2.31. The Morgan fingerprint density at radius 3 is 2.08 bits per heavy atom. The van der Waals surface area contributed by atoms with Gasteiger partial charge in [0.15, 0.2) is 0 Å². The maximum atomic E-state index is 10.6. The maximum Gasteiger partial charge on any atom is 0.325 e. The lowest BCUT2D eigenvalue weighted by atomic mass is 9.84. The van der Waals surface area contributed by atoms with Crippen LogP contribution >= 0.6 is 7.60 Å². The minimum atomic E-state index is -3.79. The van der Waals surface area contributed by atoms with E-state index in [2.05, 4.69) is 20.8 Å². The molecule has 2 N–H and O–H groups in total. The van der Waals surface area contributed by atoms with Gasteiger partial charge >= 0.3 is 7.60 Å². The van der Waals surface area contributed by atoms with Crippen LogP contribution in [0.1, 0.15) is 40.5 Å². The Morgan fingerprint density at radius 2 is 1.77 bits per heavy atom. The molecular weight excluding hydrogens is 187 g/mol. The molecule has 0 aromatic carbocycles. The normalized spacial score (nSPS) is 15.8. The second-order valence-electron chi connectivity index (χ2n) is 5.05. The van der Waals surface area contributed by atoms with Gasteiger partial charge in [-0.2, -0.15) is 0 Å². The summed E-state index contributed by atoms with van der Waals surface area (Å²) in [4.78, 5) is 17.4. The Bertz CT molecular complexity index is 190. The van der Waals surface area contributed by atoms with Crippen molar-refractivity contribution >= 4 is 7.60 Å². The van der Waals surface area contributed by atoms with Gasteiger partial charge in [-0.15, -0.1) is 0 Å². The second-order valence-corrected chi connectivity index (χ2v) is 6.82. The van der Waals surface area contributed by atoms with Crippen LogP contribution in [0.25, 0.3) is 0 Å². The van der Waals surface area contributed by atoms with Crippen molar-refractivity contribution in [2.45, 2.75) is 40.5 Å². The molecule has 0 fully saturated rings. The van der Waals surface area contributed by atoms with Gasteiger partial charge in [0, 0.05) is 0 Å². The van der Waals surface area contributed by atoms with Crippen LogP contribution in [-0.2, 0) is 4.57 Å². The molecular formula is C9H21O3P. The first-order chi connectivity index (χ1) is 5.60. The van der Waals surface area contributed by atoms with Crippen LogP contribution in [0.15, 0.2) is 0 Å². The summed E-state index contributed by atoms with van der Waals surface area (Å²) in [6.07, 6.45) is 1.64. The first kappa shape index (κ1) is 13.2. The third-order valence-corrected chi connectivity index (χ3v) is 2.71. The van der Waals surface area contributed by atoms with Crippen LogP contribution in [0, 0.1) is 11.3 Å². The van der Waals surface area contributed by atoms with Gasteiger partial charge in [0.1, 0.15) is 0 Å². The molecule has 0 bridgehead atoms. The molecule has 0 aliphatic carbocycles. The summed E-state index contributed by atoms with van der Waals surface area (Å²) in [6, 6.07) is 0.